The summed E-state index contributed by atoms with van der Waals surface area (Å²) in [5.41, 5.74) is 0.266. The first-order valence-electron chi connectivity index (χ1n) is 7.23. The standard InChI is InChI=1S/C17H14N2O6/c1-23-15(20)12-11-8-9-6-4-5-7-10(9)18-19(11)14(17(22)25-3)13(12)16(21)24-2/h4-8H,1-3H3. The van der Waals surface area contributed by atoms with Gasteiger partial charge in [0, 0.05) is 5.39 Å². The van der Waals surface area contributed by atoms with E-state index in [4.69, 9.17) is 14.2 Å². The van der Waals surface area contributed by atoms with Crippen molar-refractivity contribution in [3.8, 4) is 0 Å². The Bertz CT molecular complexity index is 948. The van der Waals surface area contributed by atoms with Gasteiger partial charge in [0.1, 0.15) is 11.1 Å². The number of aromatic nitrogens is 2. The van der Waals surface area contributed by atoms with Crippen LogP contribution in [-0.2, 0) is 14.2 Å². The summed E-state index contributed by atoms with van der Waals surface area (Å²) in [6.45, 7) is 0. The second kappa shape index (κ2) is 6.23. The number of carbonyl (C=O) groups excluding carboxylic acids is 3. The molecule has 0 radical (unpaired) electrons. The molecule has 8 nitrogen and oxygen atoms in total. The number of ether oxygens (including phenoxy) is 3. The predicted octanol–water partition coefficient (Wildman–Crippen LogP) is 1.85. The summed E-state index contributed by atoms with van der Waals surface area (Å²) in [6.07, 6.45) is 0. The predicted molar refractivity (Wildman–Crippen MR) is 86.7 cm³/mol. The fourth-order valence-corrected chi connectivity index (χ4v) is 2.67. The molecule has 8 heteroatoms. The van der Waals surface area contributed by atoms with Crippen LogP contribution < -0.4 is 0 Å². The van der Waals surface area contributed by atoms with Crippen LogP contribution in [0.25, 0.3) is 16.4 Å². The van der Waals surface area contributed by atoms with Gasteiger partial charge < -0.3 is 14.2 Å². The van der Waals surface area contributed by atoms with Crippen molar-refractivity contribution in [3.05, 3.63) is 47.2 Å². The van der Waals surface area contributed by atoms with Gasteiger partial charge in [0.15, 0.2) is 5.69 Å². The maximum Gasteiger partial charge on any atom is 0.357 e. The zero-order valence-corrected chi connectivity index (χ0v) is 13.7. The molecule has 0 unspecified atom stereocenters. The summed E-state index contributed by atoms with van der Waals surface area (Å²) in [5.74, 6) is -2.48. The van der Waals surface area contributed by atoms with Crippen molar-refractivity contribution in [2.24, 2.45) is 0 Å². The van der Waals surface area contributed by atoms with E-state index in [-0.39, 0.29) is 22.3 Å². The Labute approximate surface area is 141 Å². The molecule has 0 saturated heterocycles. The second-order valence-electron chi connectivity index (χ2n) is 5.07. The number of rotatable bonds is 3. The minimum Gasteiger partial charge on any atom is -0.465 e. The molecular weight excluding hydrogens is 328 g/mol. The molecule has 1 aromatic carbocycles. The van der Waals surface area contributed by atoms with Crippen LogP contribution >= 0.6 is 0 Å². The highest BCUT2D eigenvalue weighted by molar-refractivity contribution is 6.15. The molecule has 3 aromatic rings. The zero-order valence-electron chi connectivity index (χ0n) is 13.7. The summed E-state index contributed by atoms with van der Waals surface area (Å²) >= 11 is 0. The summed E-state index contributed by atoms with van der Waals surface area (Å²) in [6, 6.07) is 8.78. The van der Waals surface area contributed by atoms with Gasteiger partial charge >= 0.3 is 17.9 Å². The van der Waals surface area contributed by atoms with Gasteiger partial charge in [-0.2, -0.15) is 5.10 Å². The monoisotopic (exact) mass is 342 g/mol. The number of carbonyl (C=O) groups is 3. The van der Waals surface area contributed by atoms with E-state index in [1.165, 1.54) is 18.7 Å². The van der Waals surface area contributed by atoms with Crippen LogP contribution in [0, 0.1) is 0 Å². The van der Waals surface area contributed by atoms with Crippen LogP contribution in [0.1, 0.15) is 31.2 Å². The van der Waals surface area contributed by atoms with Crippen LogP contribution in [-0.4, -0.2) is 48.9 Å². The summed E-state index contributed by atoms with van der Waals surface area (Å²) < 4.78 is 15.5. The van der Waals surface area contributed by atoms with E-state index >= 15 is 0 Å². The molecule has 0 saturated carbocycles. The lowest BCUT2D eigenvalue weighted by Crippen LogP contribution is -2.15. The Morgan fingerprint density at radius 2 is 1.48 bits per heavy atom. The number of esters is 3. The third-order valence-corrected chi connectivity index (χ3v) is 3.78. The van der Waals surface area contributed by atoms with Crippen molar-refractivity contribution >= 4 is 34.3 Å². The van der Waals surface area contributed by atoms with Gasteiger partial charge in [-0.3, -0.25) is 0 Å². The average Bonchev–Trinajstić information content (AvgIpc) is 2.98. The highest BCUT2D eigenvalue weighted by atomic mass is 16.5. The smallest absolute Gasteiger partial charge is 0.357 e. The van der Waals surface area contributed by atoms with E-state index in [2.05, 4.69) is 5.10 Å². The minimum atomic E-state index is -0.865. The molecule has 0 spiro atoms. The lowest BCUT2D eigenvalue weighted by molar-refractivity contribution is 0.0536. The van der Waals surface area contributed by atoms with Crippen LogP contribution in [0.4, 0.5) is 0 Å². The van der Waals surface area contributed by atoms with Gasteiger partial charge in [0.25, 0.3) is 0 Å². The van der Waals surface area contributed by atoms with E-state index in [1.54, 1.807) is 24.3 Å². The maximum atomic E-state index is 12.3. The fourth-order valence-electron chi connectivity index (χ4n) is 2.67. The molecular formula is C17H14N2O6. The molecule has 0 atom stereocenters. The number of benzene rings is 1. The largest absolute Gasteiger partial charge is 0.465 e. The SMILES string of the molecule is COC(=O)c1c(C(=O)OC)c2cc3ccccc3nn2c1C(=O)OC. The summed E-state index contributed by atoms with van der Waals surface area (Å²) in [4.78, 5) is 36.9. The van der Waals surface area contributed by atoms with Gasteiger partial charge in [0.05, 0.1) is 32.4 Å². The average molecular weight is 342 g/mol. The first kappa shape index (κ1) is 16.4. The fraction of sp³-hybridized carbons (Fsp3) is 0.176. The van der Waals surface area contributed by atoms with E-state index in [1.807, 2.05) is 6.07 Å². The summed E-state index contributed by atoms with van der Waals surface area (Å²) in [7, 11) is 3.50. The highest BCUT2D eigenvalue weighted by Gasteiger charge is 2.34. The van der Waals surface area contributed by atoms with Crippen molar-refractivity contribution in [2.75, 3.05) is 21.3 Å². The highest BCUT2D eigenvalue weighted by Crippen LogP contribution is 2.28. The molecule has 3 rings (SSSR count). The molecule has 2 heterocycles. The molecule has 0 aliphatic rings. The van der Waals surface area contributed by atoms with Crippen molar-refractivity contribution in [1.82, 2.24) is 9.61 Å². The van der Waals surface area contributed by atoms with Gasteiger partial charge in [-0.05, 0) is 12.1 Å². The molecule has 0 N–H and O–H groups in total. The number of nitrogens with zero attached hydrogens (tertiary/aromatic N) is 2. The minimum absolute atomic E-state index is 0.104. The molecule has 128 valence electrons. The first-order chi connectivity index (χ1) is 12.0. The number of hydrogen-bond donors (Lipinski definition) is 0. The molecule has 0 fully saturated rings. The Morgan fingerprint density at radius 1 is 0.880 bits per heavy atom. The first-order valence-corrected chi connectivity index (χ1v) is 7.23. The lowest BCUT2D eigenvalue weighted by Gasteiger charge is -2.04. The van der Waals surface area contributed by atoms with Gasteiger partial charge in [-0.25, -0.2) is 18.9 Å². The molecule has 0 aliphatic carbocycles. The third kappa shape index (κ3) is 2.47. The van der Waals surface area contributed by atoms with Crippen molar-refractivity contribution in [1.29, 1.82) is 0 Å². The molecule has 0 aliphatic heterocycles. The van der Waals surface area contributed by atoms with Crippen LogP contribution in [0.3, 0.4) is 0 Å². The zero-order chi connectivity index (χ0) is 18.1. The van der Waals surface area contributed by atoms with Crippen molar-refractivity contribution in [2.45, 2.75) is 0 Å². The second-order valence-corrected chi connectivity index (χ2v) is 5.07. The van der Waals surface area contributed by atoms with E-state index < -0.39 is 17.9 Å². The molecule has 0 amide bonds. The Morgan fingerprint density at radius 3 is 2.12 bits per heavy atom. The van der Waals surface area contributed by atoms with E-state index in [0.717, 1.165) is 12.5 Å². The van der Waals surface area contributed by atoms with E-state index in [0.29, 0.717) is 5.52 Å². The number of methoxy groups -OCH3 is 3. The normalized spacial score (nSPS) is 10.7. The van der Waals surface area contributed by atoms with Crippen LogP contribution in [0.5, 0.6) is 0 Å². The molecule has 25 heavy (non-hydrogen) atoms. The summed E-state index contributed by atoms with van der Waals surface area (Å²) in [5, 5.41) is 5.09. The van der Waals surface area contributed by atoms with E-state index in [9.17, 15) is 14.4 Å². The topological polar surface area (TPSA) is 96.2 Å². The van der Waals surface area contributed by atoms with Crippen molar-refractivity contribution in [3.63, 3.8) is 0 Å². The maximum absolute atomic E-state index is 12.3. The van der Waals surface area contributed by atoms with Crippen molar-refractivity contribution < 1.29 is 28.6 Å². The van der Waals surface area contributed by atoms with Gasteiger partial charge in [-0.15, -0.1) is 0 Å². The quantitative estimate of drug-likeness (QED) is 0.529. The molecule has 2 aromatic heterocycles. The number of fused-ring (bicyclic) bond motifs is 2. The lowest BCUT2D eigenvalue weighted by atomic mass is 10.1. The van der Waals surface area contributed by atoms with Crippen LogP contribution in [0.2, 0.25) is 0 Å². The Balaban J connectivity index is 2.54. The van der Waals surface area contributed by atoms with Gasteiger partial charge in [-0.1, -0.05) is 18.2 Å². The molecule has 0 bridgehead atoms. The van der Waals surface area contributed by atoms with Crippen LogP contribution in [0.15, 0.2) is 30.3 Å². The Kier molecular flexibility index (Phi) is 4.10. The Hall–Kier alpha value is -3.42. The van der Waals surface area contributed by atoms with Gasteiger partial charge in [0.2, 0.25) is 0 Å². The third-order valence-electron chi connectivity index (χ3n) is 3.78. The number of hydrogen-bond acceptors (Lipinski definition) is 7.